The standard InChI is InChI=1S/C13H12FNO6/c1-20-11(16)6-10(13(19)21-2)15-9-4-3-7(14)5-8(9)12(17)18/h3-6,15H,1-2H3,(H,17,18)/b10-6+. The molecule has 7 nitrogen and oxygen atoms in total. The molecule has 21 heavy (non-hydrogen) atoms. The van der Waals surface area contributed by atoms with Crippen LogP contribution in [0.4, 0.5) is 10.1 Å². The van der Waals surface area contributed by atoms with E-state index in [9.17, 15) is 18.8 Å². The molecule has 0 atom stereocenters. The number of anilines is 1. The Hall–Kier alpha value is -2.90. The molecule has 1 aromatic rings. The van der Waals surface area contributed by atoms with Gasteiger partial charge in [0.05, 0.1) is 31.5 Å². The number of carboxylic acid groups (broad SMARTS) is 1. The van der Waals surface area contributed by atoms with E-state index in [4.69, 9.17) is 5.11 Å². The molecule has 2 N–H and O–H groups in total. The van der Waals surface area contributed by atoms with Crippen molar-refractivity contribution in [3.8, 4) is 0 Å². The van der Waals surface area contributed by atoms with Crippen LogP contribution in [-0.4, -0.2) is 37.2 Å². The maximum absolute atomic E-state index is 13.1. The van der Waals surface area contributed by atoms with E-state index in [2.05, 4.69) is 14.8 Å². The number of aromatic carboxylic acids is 1. The zero-order chi connectivity index (χ0) is 16.0. The molecule has 0 bridgehead atoms. The van der Waals surface area contributed by atoms with Gasteiger partial charge >= 0.3 is 17.9 Å². The molecular weight excluding hydrogens is 285 g/mol. The molecule has 0 aliphatic rings. The lowest BCUT2D eigenvalue weighted by Gasteiger charge is -2.11. The van der Waals surface area contributed by atoms with Crippen molar-refractivity contribution in [2.24, 2.45) is 0 Å². The highest BCUT2D eigenvalue weighted by atomic mass is 19.1. The van der Waals surface area contributed by atoms with Crippen LogP contribution in [0, 0.1) is 5.82 Å². The minimum atomic E-state index is -1.40. The van der Waals surface area contributed by atoms with Gasteiger partial charge in [-0.25, -0.2) is 18.8 Å². The minimum Gasteiger partial charge on any atom is -0.478 e. The molecule has 0 heterocycles. The number of ether oxygens (including phenoxy) is 2. The molecule has 0 saturated carbocycles. The van der Waals surface area contributed by atoms with Crippen LogP contribution in [0.15, 0.2) is 30.0 Å². The third-order valence-corrected chi connectivity index (χ3v) is 2.35. The second kappa shape index (κ2) is 7.04. The van der Waals surface area contributed by atoms with Crippen molar-refractivity contribution in [3.05, 3.63) is 41.4 Å². The molecule has 0 radical (unpaired) electrons. The summed E-state index contributed by atoms with van der Waals surface area (Å²) in [4.78, 5) is 33.8. The van der Waals surface area contributed by atoms with Gasteiger partial charge < -0.3 is 19.9 Å². The van der Waals surface area contributed by atoms with E-state index in [-0.39, 0.29) is 11.4 Å². The van der Waals surface area contributed by atoms with E-state index in [1.54, 1.807) is 0 Å². The fourth-order valence-electron chi connectivity index (χ4n) is 1.38. The molecule has 0 saturated heterocycles. The Morgan fingerprint density at radius 2 is 1.90 bits per heavy atom. The molecule has 0 amide bonds. The van der Waals surface area contributed by atoms with Crippen molar-refractivity contribution in [1.29, 1.82) is 0 Å². The molecule has 0 fully saturated rings. The Morgan fingerprint density at radius 1 is 1.24 bits per heavy atom. The number of esters is 2. The van der Waals surface area contributed by atoms with E-state index in [0.717, 1.165) is 38.5 Å². The topological polar surface area (TPSA) is 102 Å². The Kier molecular flexibility index (Phi) is 5.41. The molecule has 0 aromatic heterocycles. The zero-order valence-corrected chi connectivity index (χ0v) is 11.2. The summed E-state index contributed by atoms with van der Waals surface area (Å²) in [5.74, 6) is -3.92. The summed E-state index contributed by atoms with van der Waals surface area (Å²) in [6, 6.07) is 2.90. The average Bonchev–Trinajstić information content (AvgIpc) is 2.46. The lowest BCUT2D eigenvalue weighted by Crippen LogP contribution is -2.17. The summed E-state index contributed by atoms with van der Waals surface area (Å²) in [5, 5.41) is 11.4. The first kappa shape index (κ1) is 16.2. The van der Waals surface area contributed by atoms with Gasteiger partial charge in [-0.3, -0.25) is 0 Å². The predicted molar refractivity (Wildman–Crippen MR) is 69.1 cm³/mol. The number of nitrogens with one attached hydrogen (secondary N) is 1. The largest absolute Gasteiger partial charge is 0.478 e. The van der Waals surface area contributed by atoms with Gasteiger partial charge in [-0.2, -0.15) is 0 Å². The Balaban J connectivity index is 3.21. The van der Waals surface area contributed by atoms with Crippen molar-refractivity contribution in [1.82, 2.24) is 0 Å². The van der Waals surface area contributed by atoms with E-state index >= 15 is 0 Å². The molecule has 8 heteroatoms. The van der Waals surface area contributed by atoms with Crippen LogP contribution in [0.2, 0.25) is 0 Å². The van der Waals surface area contributed by atoms with Crippen molar-refractivity contribution in [2.45, 2.75) is 0 Å². The second-order valence-electron chi connectivity index (χ2n) is 3.69. The number of carbonyl (C=O) groups excluding carboxylic acids is 2. The first-order valence-electron chi connectivity index (χ1n) is 5.57. The third-order valence-electron chi connectivity index (χ3n) is 2.35. The number of carbonyl (C=O) groups is 3. The summed E-state index contributed by atoms with van der Waals surface area (Å²) in [5.41, 5.74) is -0.836. The molecule has 1 rings (SSSR count). The smallest absolute Gasteiger partial charge is 0.354 e. The van der Waals surface area contributed by atoms with E-state index in [0.29, 0.717) is 0 Å². The van der Waals surface area contributed by atoms with Crippen LogP contribution in [-0.2, 0) is 19.1 Å². The summed E-state index contributed by atoms with van der Waals surface area (Å²) in [7, 11) is 2.19. The van der Waals surface area contributed by atoms with E-state index in [1.807, 2.05) is 0 Å². The fraction of sp³-hybridized carbons (Fsp3) is 0.154. The van der Waals surface area contributed by atoms with Crippen LogP contribution < -0.4 is 5.32 Å². The number of rotatable bonds is 5. The Labute approximate surface area is 119 Å². The quantitative estimate of drug-likeness (QED) is 0.621. The first-order chi connectivity index (χ1) is 9.88. The first-order valence-corrected chi connectivity index (χ1v) is 5.57. The Bertz CT molecular complexity index is 611. The zero-order valence-electron chi connectivity index (χ0n) is 11.2. The molecule has 0 unspecified atom stereocenters. The molecule has 0 aliphatic carbocycles. The van der Waals surface area contributed by atoms with Crippen LogP contribution in [0.25, 0.3) is 0 Å². The molecule has 0 aliphatic heterocycles. The predicted octanol–water partition coefficient (Wildman–Crippen LogP) is 1.17. The summed E-state index contributed by atoms with van der Waals surface area (Å²) < 4.78 is 21.9. The highest BCUT2D eigenvalue weighted by molar-refractivity contribution is 6.01. The van der Waals surface area contributed by atoms with Gasteiger partial charge in [0, 0.05) is 0 Å². The maximum Gasteiger partial charge on any atom is 0.354 e. The second-order valence-corrected chi connectivity index (χ2v) is 3.69. The van der Waals surface area contributed by atoms with Gasteiger partial charge in [0.25, 0.3) is 0 Å². The number of halogens is 1. The van der Waals surface area contributed by atoms with Gasteiger partial charge in [-0.15, -0.1) is 0 Å². The van der Waals surface area contributed by atoms with Crippen molar-refractivity contribution in [3.63, 3.8) is 0 Å². The van der Waals surface area contributed by atoms with Gasteiger partial charge in [-0.05, 0) is 18.2 Å². The Morgan fingerprint density at radius 3 is 2.43 bits per heavy atom. The van der Waals surface area contributed by atoms with Crippen molar-refractivity contribution in [2.75, 3.05) is 19.5 Å². The lowest BCUT2D eigenvalue weighted by atomic mass is 10.1. The van der Waals surface area contributed by atoms with Crippen LogP contribution in [0.5, 0.6) is 0 Å². The van der Waals surface area contributed by atoms with E-state index < -0.39 is 29.3 Å². The van der Waals surface area contributed by atoms with Gasteiger partial charge in [-0.1, -0.05) is 0 Å². The number of hydrogen-bond donors (Lipinski definition) is 2. The van der Waals surface area contributed by atoms with Crippen molar-refractivity contribution < 1.29 is 33.4 Å². The molecular formula is C13H12FNO6. The highest BCUT2D eigenvalue weighted by Crippen LogP contribution is 2.19. The minimum absolute atomic E-state index is 0.0792. The summed E-state index contributed by atoms with van der Waals surface area (Å²) in [6.07, 6.45) is 0.792. The van der Waals surface area contributed by atoms with E-state index in [1.165, 1.54) is 0 Å². The van der Waals surface area contributed by atoms with Crippen LogP contribution in [0.1, 0.15) is 10.4 Å². The summed E-state index contributed by atoms with van der Waals surface area (Å²) >= 11 is 0. The third kappa shape index (κ3) is 4.30. The van der Waals surface area contributed by atoms with Gasteiger partial charge in [0.2, 0.25) is 0 Å². The number of hydrogen-bond acceptors (Lipinski definition) is 6. The number of methoxy groups -OCH3 is 2. The van der Waals surface area contributed by atoms with Crippen LogP contribution in [0.3, 0.4) is 0 Å². The molecule has 0 spiro atoms. The molecule has 112 valence electrons. The normalized spacial score (nSPS) is 10.7. The lowest BCUT2D eigenvalue weighted by molar-refractivity contribution is -0.138. The highest BCUT2D eigenvalue weighted by Gasteiger charge is 2.17. The van der Waals surface area contributed by atoms with Gasteiger partial charge in [0.1, 0.15) is 11.5 Å². The van der Waals surface area contributed by atoms with Gasteiger partial charge in [0.15, 0.2) is 0 Å². The monoisotopic (exact) mass is 297 g/mol. The SMILES string of the molecule is COC(=O)/C=C(/Nc1ccc(F)cc1C(=O)O)C(=O)OC. The summed E-state index contributed by atoms with van der Waals surface area (Å²) in [6.45, 7) is 0. The number of benzene rings is 1. The fourth-order valence-corrected chi connectivity index (χ4v) is 1.38. The average molecular weight is 297 g/mol. The maximum atomic E-state index is 13.1. The van der Waals surface area contributed by atoms with Crippen LogP contribution >= 0.6 is 0 Å². The van der Waals surface area contributed by atoms with Crippen molar-refractivity contribution >= 4 is 23.6 Å². The number of carboxylic acids is 1. The molecule has 1 aromatic carbocycles.